The van der Waals surface area contributed by atoms with Gasteiger partial charge < -0.3 is 5.11 Å². The van der Waals surface area contributed by atoms with Crippen LogP contribution in [0.5, 0.6) is 0 Å². The number of carbonyl (C=O) groups is 1. The van der Waals surface area contributed by atoms with Crippen LogP contribution in [0.3, 0.4) is 0 Å². The van der Waals surface area contributed by atoms with Gasteiger partial charge in [-0.3, -0.25) is 10.6 Å². The molecule has 0 aliphatic heterocycles. The third kappa shape index (κ3) is 1.86. The van der Waals surface area contributed by atoms with Gasteiger partial charge in [0.1, 0.15) is 5.54 Å². The number of carboxylic acids is 1. The number of nitrogens with one attached hydrogen (secondary N) is 1. The Kier molecular flexibility index (Phi) is 2.90. The Hall–Kier alpha value is -0.610. The highest BCUT2D eigenvalue weighted by molar-refractivity contribution is 5.78. The van der Waals surface area contributed by atoms with Gasteiger partial charge in [-0.15, -0.1) is 0 Å². The van der Waals surface area contributed by atoms with E-state index in [1.807, 2.05) is 0 Å². The largest absolute Gasteiger partial charge is 0.480 e. The maximum atomic E-state index is 11.4. The van der Waals surface area contributed by atoms with Gasteiger partial charge in [-0.2, -0.15) is 0 Å². The molecule has 4 aliphatic rings. The van der Waals surface area contributed by atoms with Crippen LogP contribution in [0.25, 0.3) is 0 Å². The van der Waals surface area contributed by atoms with Crippen LogP contribution >= 0.6 is 0 Å². The average Bonchev–Trinajstić information content (AvgIpc) is 2.32. The second-order valence-electron chi connectivity index (χ2n) is 7.08. The summed E-state index contributed by atoms with van der Waals surface area (Å²) in [4.78, 5) is 11.4. The van der Waals surface area contributed by atoms with Crippen molar-refractivity contribution in [2.45, 2.75) is 51.0 Å². The molecule has 0 amide bonds. The molecule has 102 valence electrons. The van der Waals surface area contributed by atoms with Crippen molar-refractivity contribution in [1.82, 2.24) is 5.43 Å². The average molecular weight is 252 g/mol. The lowest BCUT2D eigenvalue weighted by Crippen LogP contribution is -2.57. The predicted octanol–water partition coefficient (Wildman–Crippen LogP) is 1.76. The quantitative estimate of drug-likeness (QED) is 0.526. The second-order valence-corrected chi connectivity index (χ2v) is 7.08. The second kappa shape index (κ2) is 4.20. The van der Waals surface area contributed by atoms with Crippen molar-refractivity contribution in [3.8, 4) is 0 Å². The molecule has 4 heteroatoms. The minimum atomic E-state index is -0.958. The van der Waals surface area contributed by atoms with Crippen LogP contribution < -0.4 is 11.3 Å². The summed E-state index contributed by atoms with van der Waals surface area (Å²) in [6.45, 7) is 1.72. The van der Waals surface area contributed by atoms with Gasteiger partial charge in [0.15, 0.2) is 0 Å². The van der Waals surface area contributed by atoms with Gasteiger partial charge in [-0.05, 0) is 75.0 Å². The van der Waals surface area contributed by atoms with Gasteiger partial charge in [-0.1, -0.05) is 0 Å². The van der Waals surface area contributed by atoms with E-state index >= 15 is 0 Å². The summed E-state index contributed by atoms with van der Waals surface area (Å²) in [5.74, 6) is 8.61. The first-order valence-electron chi connectivity index (χ1n) is 7.23. The molecule has 0 aromatic heterocycles. The molecule has 1 atom stereocenters. The highest BCUT2D eigenvalue weighted by Crippen LogP contribution is 2.58. The molecule has 4 bridgehead atoms. The fourth-order valence-corrected chi connectivity index (χ4v) is 5.05. The van der Waals surface area contributed by atoms with Crippen LogP contribution in [0.4, 0.5) is 0 Å². The summed E-state index contributed by atoms with van der Waals surface area (Å²) in [5.41, 5.74) is 1.58. The highest BCUT2D eigenvalue weighted by Gasteiger charge is 2.50. The molecule has 4 nitrogen and oxygen atoms in total. The van der Waals surface area contributed by atoms with E-state index in [1.165, 1.54) is 32.1 Å². The third-order valence-corrected chi connectivity index (χ3v) is 5.86. The number of hydrazine groups is 1. The zero-order valence-electron chi connectivity index (χ0n) is 11.1. The SMILES string of the molecule is CC(CC1C2CC3CC(C2)CC1C3)(NN)C(=O)O. The summed E-state index contributed by atoms with van der Waals surface area (Å²) >= 11 is 0. The van der Waals surface area contributed by atoms with E-state index in [9.17, 15) is 9.90 Å². The lowest BCUT2D eigenvalue weighted by molar-refractivity contribution is -0.147. The monoisotopic (exact) mass is 252 g/mol. The van der Waals surface area contributed by atoms with E-state index in [2.05, 4.69) is 5.43 Å². The standard InChI is InChI=1S/C14H24N2O2/c1-14(16-15,13(17)18)7-12-10-3-8-2-9(5-10)6-11(12)4-8/h8-12,16H,2-7,15H2,1H3,(H,17,18). The molecule has 0 aromatic rings. The van der Waals surface area contributed by atoms with E-state index in [4.69, 9.17) is 5.84 Å². The number of hydrogen-bond acceptors (Lipinski definition) is 3. The Balaban J connectivity index is 1.75. The van der Waals surface area contributed by atoms with E-state index in [0.29, 0.717) is 12.3 Å². The Morgan fingerprint density at radius 1 is 1.22 bits per heavy atom. The molecular weight excluding hydrogens is 228 g/mol. The van der Waals surface area contributed by atoms with Gasteiger partial charge in [0.25, 0.3) is 0 Å². The minimum absolute atomic E-state index is 0.565. The van der Waals surface area contributed by atoms with Crippen molar-refractivity contribution in [2.24, 2.45) is 35.4 Å². The molecule has 4 saturated carbocycles. The summed E-state index contributed by atoms with van der Waals surface area (Å²) < 4.78 is 0. The summed E-state index contributed by atoms with van der Waals surface area (Å²) in [6, 6.07) is 0. The summed E-state index contributed by atoms with van der Waals surface area (Å²) in [7, 11) is 0. The Bertz CT molecular complexity index is 330. The zero-order chi connectivity index (χ0) is 12.9. The summed E-state index contributed by atoms with van der Waals surface area (Å²) in [5, 5.41) is 9.34. The number of carboxylic acid groups (broad SMARTS) is 1. The maximum Gasteiger partial charge on any atom is 0.324 e. The normalized spacial score (nSPS) is 44.9. The van der Waals surface area contributed by atoms with Gasteiger partial charge >= 0.3 is 5.97 Å². The molecule has 4 rings (SSSR count). The van der Waals surface area contributed by atoms with Crippen LogP contribution in [0.1, 0.15) is 45.4 Å². The lowest BCUT2D eigenvalue weighted by Gasteiger charge is -2.55. The van der Waals surface area contributed by atoms with Crippen molar-refractivity contribution in [2.75, 3.05) is 0 Å². The fraction of sp³-hybridized carbons (Fsp3) is 0.929. The van der Waals surface area contributed by atoms with Crippen molar-refractivity contribution >= 4 is 5.97 Å². The Morgan fingerprint density at radius 3 is 2.11 bits per heavy atom. The van der Waals surface area contributed by atoms with Crippen LogP contribution in [0, 0.1) is 29.6 Å². The molecule has 1 unspecified atom stereocenters. The van der Waals surface area contributed by atoms with Crippen LogP contribution in [0.15, 0.2) is 0 Å². The lowest BCUT2D eigenvalue weighted by atomic mass is 9.50. The molecule has 0 aromatic carbocycles. The Labute approximate surface area is 108 Å². The molecule has 0 spiro atoms. The van der Waals surface area contributed by atoms with E-state index in [-0.39, 0.29) is 0 Å². The number of rotatable bonds is 4. The van der Waals surface area contributed by atoms with Crippen molar-refractivity contribution < 1.29 is 9.90 Å². The first-order valence-corrected chi connectivity index (χ1v) is 7.23. The zero-order valence-corrected chi connectivity index (χ0v) is 11.1. The number of aliphatic carboxylic acids is 1. The van der Waals surface area contributed by atoms with E-state index < -0.39 is 11.5 Å². The molecular formula is C14H24N2O2. The maximum absolute atomic E-state index is 11.4. The van der Waals surface area contributed by atoms with Gasteiger partial charge in [0.05, 0.1) is 0 Å². The van der Waals surface area contributed by atoms with E-state index in [0.717, 1.165) is 23.7 Å². The smallest absolute Gasteiger partial charge is 0.324 e. The van der Waals surface area contributed by atoms with Gasteiger partial charge in [0.2, 0.25) is 0 Å². The molecule has 0 heterocycles. The molecule has 0 saturated heterocycles. The van der Waals surface area contributed by atoms with Gasteiger partial charge in [-0.25, -0.2) is 5.43 Å². The first-order chi connectivity index (χ1) is 8.51. The summed E-state index contributed by atoms with van der Waals surface area (Å²) in [6.07, 6.45) is 7.45. The highest BCUT2D eigenvalue weighted by atomic mass is 16.4. The topological polar surface area (TPSA) is 75.3 Å². The first kappa shape index (κ1) is 12.4. The van der Waals surface area contributed by atoms with Crippen molar-refractivity contribution in [1.29, 1.82) is 0 Å². The molecule has 4 aliphatic carbocycles. The molecule has 0 radical (unpaired) electrons. The fourth-order valence-electron chi connectivity index (χ4n) is 5.05. The van der Waals surface area contributed by atoms with Crippen LogP contribution in [0.2, 0.25) is 0 Å². The predicted molar refractivity (Wildman–Crippen MR) is 68.5 cm³/mol. The third-order valence-electron chi connectivity index (χ3n) is 5.86. The molecule has 18 heavy (non-hydrogen) atoms. The minimum Gasteiger partial charge on any atom is -0.480 e. The van der Waals surface area contributed by atoms with Crippen molar-refractivity contribution in [3.05, 3.63) is 0 Å². The van der Waals surface area contributed by atoms with E-state index in [1.54, 1.807) is 6.92 Å². The van der Waals surface area contributed by atoms with Gasteiger partial charge in [0, 0.05) is 0 Å². The number of hydrogen-bond donors (Lipinski definition) is 3. The molecule has 4 N–H and O–H groups in total. The van der Waals surface area contributed by atoms with Crippen molar-refractivity contribution in [3.63, 3.8) is 0 Å². The Morgan fingerprint density at radius 2 is 1.72 bits per heavy atom. The number of nitrogens with two attached hydrogens (primary N) is 1. The molecule has 4 fully saturated rings. The van der Waals surface area contributed by atoms with Crippen LogP contribution in [-0.4, -0.2) is 16.6 Å². The van der Waals surface area contributed by atoms with Crippen LogP contribution in [-0.2, 0) is 4.79 Å².